The first-order valence-electron chi connectivity index (χ1n) is 9.68. The first kappa shape index (κ1) is 19.9. The number of nitrogens with one attached hydrogen (secondary N) is 1. The molecule has 28 heavy (non-hydrogen) atoms. The van der Waals surface area contributed by atoms with Crippen molar-refractivity contribution in [3.8, 4) is 11.5 Å². The zero-order valence-electron chi connectivity index (χ0n) is 17.0. The molecule has 6 heteroatoms. The van der Waals surface area contributed by atoms with Gasteiger partial charge in [0.1, 0.15) is 0 Å². The van der Waals surface area contributed by atoms with Crippen molar-refractivity contribution in [2.45, 2.75) is 25.8 Å². The summed E-state index contributed by atoms with van der Waals surface area (Å²) in [5.41, 5.74) is 11.1. The Morgan fingerprint density at radius 1 is 1.11 bits per heavy atom. The number of anilines is 1. The Bertz CT molecular complexity index is 835. The Kier molecular flexibility index (Phi) is 6.63. The zero-order chi connectivity index (χ0) is 19.9. The number of hydrogen-bond donors (Lipinski definition) is 2. The number of hydrogen-bond acceptors (Lipinski definition) is 4. The van der Waals surface area contributed by atoms with Crippen LogP contribution < -0.4 is 25.4 Å². The van der Waals surface area contributed by atoms with E-state index in [1.807, 2.05) is 18.2 Å². The van der Waals surface area contributed by atoms with Crippen LogP contribution in [0.4, 0.5) is 5.69 Å². The van der Waals surface area contributed by atoms with E-state index < -0.39 is 0 Å². The Balaban J connectivity index is 1.51. The van der Waals surface area contributed by atoms with Crippen LogP contribution >= 0.6 is 0 Å². The van der Waals surface area contributed by atoms with Gasteiger partial charge in [-0.3, -0.25) is 0 Å². The highest BCUT2D eigenvalue weighted by molar-refractivity contribution is 5.77. The lowest BCUT2D eigenvalue weighted by molar-refractivity contribution is 0.354. The second kappa shape index (κ2) is 9.35. The van der Waals surface area contributed by atoms with Crippen molar-refractivity contribution in [2.75, 3.05) is 39.3 Å². The maximum absolute atomic E-state index is 6.03. The zero-order valence-corrected chi connectivity index (χ0v) is 17.0. The van der Waals surface area contributed by atoms with Crippen molar-refractivity contribution in [2.24, 2.45) is 10.7 Å². The van der Waals surface area contributed by atoms with Gasteiger partial charge in [0, 0.05) is 25.8 Å². The molecule has 0 unspecified atom stereocenters. The molecule has 0 amide bonds. The Morgan fingerprint density at radius 3 is 2.68 bits per heavy atom. The van der Waals surface area contributed by atoms with Crippen molar-refractivity contribution in [1.29, 1.82) is 0 Å². The lowest BCUT2D eigenvalue weighted by Gasteiger charge is -2.27. The Hall–Kier alpha value is -2.89. The fraction of sp³-hybridized carbons (Fsp3) is 0.409. The summed E-state index contributed by atoms with van der Waals surface area (Å²) in [5.74, 6) is 1.94. The molecule has 150 valence electrons. The molecule has 0 spiro atoms. The van der Waals surface area contributed by atoms with Crippen LogP contribution in [0, 0.1) is 0 Å². The molecule has 0 bridgehead atoms. The van der Waals surface area contributed by atoms with Crippen LogP contribution in [-0.2, 0) is 19.4 Å². The van der Waals surface area contributed by atoms with Crippen LogP contribution in [0.3, 0.4) is 0 Å². The summed E-state index contributed by atoms with van der Waals surface area (Å²) < 4.78 is 10.6. The molecule has 0 saturated carbocycles. The van der Waals surface area contributed by atoms with Crippen molar-refractivity contribution >= 4 is 11.6 Å². The summed E-state index contributed by atoms with van der Waals surface area (Å²) in [6.07, 6.45) is 3.16. The SMILES string of the molecule is COc1ccc(CCNC(N)=NCc2ccc3c(c2)CCCN3C)cc1OC. The lowest BCUT2D eigenvalue weighted by atomic mass is 10.00. The molecule has 2 aromatic rings. The second-order valence-electron chi connectivity index (χ2n) is 7.06. The molecule has 0 aromatic heterocycles. The van der Waals surface area contributed by atoms with E-state index in [1.165, 1.54) is 23.2 Å². The molecule has 3 N–H and O–H groups in total. The van der Waals surface area contributed by atoms with Crippen molar-refractivity contribution in [3.63, 3.8) is 0 Å². The highest BCUT2D eigenvalue weighted by Gasteiger charge is 2.13. The van der Waals surface area contributed by atoms with Crippen LogP contribution in [-0.4, -0.2) is 40.3 Å². The molecule has 2 aromatic carbocycles. The first-order chi connectivity index (χ1) is 13.6. The van der Waals surface area contributed by atoms with E-state index in [9.17, 15) is 0 Å². The molecule has 0 fully saturated rings. The maximum Gasteiger partial charge on any atom is 0.188 e. The van der Waals surface area contributed by atoms with E-state index in [0.29, 0.717) is 19.0 Å². The number of fused-ring (bicyclic) bond motifs is 1. The lowest BCUT2D eigenvalue weighted by Crippen LogP contribution is -2.33. The van der Waals surface area contributed by atoms with E-state index in [0.717, 1.165) is 36.4 Å². The predicted molar refractivity (Wildman–Crippen MR) is 115 cm³/mol. The number of nitrogens with two attached hydrogens (primary N) is 1. The number of aliphatic imine (C=N–C) groups is 1. The minimum atomic E-state index is 0.468. The molecule has 1 heterocycles. The Labute approximate surface area is 167 Å². The molecule has 3 rings (SSSR count). The fourth-order valence-corrected chi connectivity index (χ4v) is 3.54. The van der Waals surface area contributed by atoms with Gasteiger partial charge in [-0.05, 0) is 54.2 Å². The van der Waals surface area contributed by atoms with E-state index in [2.05, 4.69) is 40.5 Å². The molecular formula is C22H30N4O2. The van der Waals surface area contributed by atoms with Gasteiger partial charge in [0.15, 0.2) is 17.5 Å². The van der Waals surface area contributed by atoms with Gasteiger partial charge in [0.2, 0.25) is 0 Å². The largest absolute Gasteiger partial charge is 0.493 e. The molecule has 0 aliphatic carbocycles. The Morgan fingerprint density at radius 2 is 1.89 bits per heavy atom. The van der Waals surface area contributed by atoms with E-state index in [1.54, 1.807) is 14.2 Å². The maximum atomic E-state index is 6.03. The summed E-state index contributed by atoms with van der Waals surface area (Å²) in [5, 5.41) is 3.18. The van der Waals surface area contributed by atoms with Crippen LogP contribution in [0.25, 0.3) is 0 Å². The third-order valence-electron chi connectivity index (χ3n) is 5.09. The summed E-state index contributed by atoms with van der Waals surface area (Å²) in [6, 6.07) is 12.5. The smallest absolute Gasteiger partial charge is 0.188 e. The number of aryl methyl sites for hydroxylation is 1. The van der Waals surface area contributed by atoms with Crippen LogP contribution in [0.1, 0.15) is 23.1 Å². The average Bonchev–Trinajstić information content (AvgIpc) is 2.72. The highest BCUT2D eigenvalue weighted by Crippen LogP contribution is 2.28. The summed E-state index contributed by atoms with van der Waals surface area (Å²) >= 11 is 0. The van der Waals surface area contributed by atoms with Crippen molar-refractivity contribution in [1.82, 2.24) is 5.32 Å². The van der Waals surface area contributed by atoms with E-state index >= 15 is 0 Å². The van der Waals surface area contributed by atoms with Gasteiger partial charge in [-0.1, -0.05) is 18.2 Å². The van der Waals surface area contributed by atoms with Crippen LogP contribution in [0.2, 0.25) is 0 Å². The second-order valence-corrected chi connectivity index (χ2v) is 7.06. The standard InChI is InChI=1S/C22H30N4O2/c1-26-12-4-5-18-13-17(6-8-19(18)26)15-25-22(23)24-11-10-16-7-9-20(27-2)21(14-16)28-3/h6-9,13-14H,4-5,10-12,15H2,1-3H3,(H3,23,24,25). The molecule has 0 radical (unpaired) electrons. The van der Waals surface area contributed by atoms with Crippen molar-refractivity contribution < 1.29 is 9.47 Å². The van der Waals surface area contributed by atoms with Gasteiger partial charge in [-0.25, -0.2) is 4.99 Å². The molecule has 0 saturated heterocycles. The third kappa shape index (κ3) is 4.88. The summed E-state index contributed by atoms with van der Waals surface area (Å²) in [7, 11) is 5.43. The van der Waals surface area contributed by atoms with Gasteiger partial charge >= 0.3 is 0 Å². The monoisotopic (exact) mass is 382 g/mol. The number of nitrogens with zero attached hydrogens (tertiary/aromatic N) is 2. The van der Waals surface area contributed by atoms with E-state index in [4.69, 9.17) is 15.2 Å². The number of benzene rings is 2. The van der Waals surface area contributed by atoms with Gasteiger partial charge in [-0.15, -0.1) is 0 Å². The van der Waals surface area contributed by atoms with E-state index in [-0.39, 0.29) is 0 Å². The van der Waals surface area contributed by atoms with Gasteiger partial charge in [0.25, 0.3) is 0 Å². The van der Waals surface area contributed by atoms with Crippen molar-refractivity contribution in [3.05, 3.63) is 53.1 Å². The third-order valence-corrected chi connectivity index (χ3v) is 5.09. The number of ether oxygens (including phenoxy) is 2. The molecule has 1 aliphatic rings. The number of rotatable bonds is 7. The molecule has 6 nitrogen and oxygen atoms in total. The van der Waals surface area contributed by atoms with Crippen LogP contribution in [0.5, 0.6) is 11.5 Å². The number of methoxy groups -OCH3 is 2. The summed E-state index contributed by atoms with van der Waals surface area (Å²) in [4.78, 5) is 6.80. The fourth-order valence-electron chi connectivity index (χ4n) is 3.54. The average molecular weight is 383 g/mol. The molecule has 0 atom stereocenters. The van der Waals surface area contributed by atoms with Crippen LogP contribution in [0.15, 0.2) is 41.4 Å². The minimum Gasteiger partial charge on any atom is -0.493 e. The van der Waals surface area contributed by atoms with Gasteiger partial charge in [0.05, 0.1) is 20.8 Å². The minimum absolute atomic E-state index is 0.468. The predicted octanol–water partition coefficient (Wildman–Crippen LogP) is 2.73. The van der Waals surface area contributed by atoms with Gasteiger partial charge < -0.3 is 25.4 Å². The topological polar surface area (TPSA) is 72.1 Å². The molecular weight excluding hydrogens is 352 g/mol. The highest BCUT2D eigenvalue weighted by atomic mass is 16.5. The quantitative estimate of drug-likeness (QED) is 0.569. The normalized spacial score (nSPS) is 13.8. The first-order valence-corrected chi connectivity index (χ1v) is 9.68. The summed E-state index contributed by atoms with van der Waals surface area (Å²) in [6.45, 7) is 2.42. The van der Waals surface area contributed by atoms with Gasteiger partial charge in [-0.2, -0.15) is 0 Å². The number of guanidine groups is 1. The molecule has 1 aliphatic heterocycles.